The van der Waals surface area contributed by atoms with E-state index in [0.29, 0.717) is 12.5 Å². The minimum Gasteiger partial charge on any atom is -0.497 e. The predicted octanol–water partition coefficient (Wildman–Crippen LogP) is 3.16. The van der Waals surface area contributed by atoms with Crippen LogP contribution in [0.3, 0.4) is 0 Å². The third kappa shape index (κ3) is 6.39. The van der Waals surface area contributed by atoms with E-state index in [-0.39, 0.29) is 24.1 Å². The molecule has 1 atom stereocenters. The molecule has 0 spiro atoms. The van der Waals surface area contributed by atoms with Crippen molar-refractivity contribution in [3.05, 3.63) is 59.7 Å². The van der Waals surface area contributed by atoms with Gasteiger partial charge < -0.3 is 25.0 Å². The fourth-order valence-electron chi connectivity index (χ4n) is 3.65. The first-order valence-electron chi connectivity index (χ1n) is 10.9. The number of carbonyl (C=O) groups excluding carboxylic acids is 1. The van der Waals surface area contributed by atoms with Crippen LogP contribution in [0.2, 0.25) is 0 Å². The van der Waals surface area contributed by atoms with Gasteiger partial charge in [-0.15, -0.1) is 0 Å². The first-order valence-corrected chi connectivity index (χ1v) is 10.9. The number of methoxy groups -OCH3 is 1. The van der Waals surface area contributed by atoms with E-state index in [9.17, 15) is 4.79 Å². The second-order valence-corrected chi connectivity index (χ2v) is 8.78. The van der Waals surface area contributed by atoms with Gasteiger partial charge in [-0.1, -0.05) is 30.3 Å². The second-order valence-electron chi connectivity index (χ2n) is 8.78. The summed E-state index contributed by atoms with van der Waals surface area (Å²) in [4.78, 5) is 18.2. The molecule has 1 unspecified atom stereocenters. The number of guanidine groups is 1. The molecule has 1 aliphatic heterocycles. The van der Waals surface area contributed by atoms with Gasteiger partial charge in [-0.25, -0.2) is 4.99 Å². The number of ether oxygens (including phenoxy) is 2. The molecular weight excluding hydrogens is 404 g/mol. The molecule has 0 aliphatic carbocycles. The lowest BCUT2D eigenvalue weighted by molar-refractivity contribution is -0.127. The Morgan fingerprint density at radius 2 is 1.91 bits per heavy atom. The molecule has 172 valence electrons. The van der Waals surface area contributed by atoms with Crippen LogP contribution in [-0.2, 0) is 11.2 Å². The van der Waals surface area contributed by atoms with Crippen LogP contribution >= 0.6 is 0 Å². The minimum absolute atomic E-state index is 0.0247. The molecule has 3 rings (SSSR count). The van der Waals surface area contributed by atoms with Crippen LogP contribution in [0.4, 0.5) is 0 Å². The number of hydrogen-bond acceptors (Lipinski definition) is 4. The molecule has 1 aliphatic rings. The zero-order valence-corrected chi connectivity index (χ0v) is 19.6. The summed E-state index contributed by atoms with van der Waals surface area (Å²) in [5.41, 5.74) is 1.98. The van der Waals surface area contributed by atoms with Crippen LogP contribution in [0, 0.1) is 0 Å². The van der Waals surface area contributed by atoms with Gasteiger partial charge in [0.25, 0.3) is 0 Å². The van der Waals surface area contributed by atoms with Gasteiger partial charge in [-0.3, -0.25) is 4.79 Å². The van der Waals surface area contributed by atoms with E-state index >= 15 is 0 Å². The molecular formula is C25H34N4O3. The average molecular weight is 439 g/mol. The molecule has 7 heteroatoms. The van der Waals surface area contributed by atoms with Crippen molar-refractivity contribution in [3.63, 3.8) is 0 Å². The largest absolute Gasteiger partial charge is 0.497 e. The summed E-state index contributed by atoms with van der Waals surface area (Å²) in [6.07, 6.45) is 1.60. The molecule has 1 amide bonds. The third-order valence-corrected chi connectivity index (χ3v) is 5.42. The summed E-state index contributed by atoms with van der Waals surface area (Å²) in [7, 11) is 5.13. The lowest BCUT2D eigenvalue weighted by atomic mass is 9.90. The minimum atomic E-state index is -0.306. The van der Waals surface area contributed by atoms with E-state index in [1.807, 2.05) is 30.3 Å². The SMILES string of the molecule is COc1ccc(CCNC(=NCC(=O)N(C)C)NC2CC(C)(C)Oc3ccccc32)cc1. The molecule has 0 saturated carbocycles. The summed E-state index contributed by atoms with van der Waals surface area (Å²) in [5, 5.41) is 6.93. The van der Waals surface area contributed by atoms with E-state index in [4.69, 9.17) is 9.47 Å². The van der Waals surface area contributed by atoms with Gasteiger partial charge >= 0.3 is 0 Å². The molecule has 0 saturated heterocycles. The van der Waals surface area contributed by atoms with Gasteiger partial charge in [0, 0.05) is 32.6 Å². The van der Waals surface area contributed by atoms with Crippen LogP contribution in [0.5, 0.6) is 11.5 Å². The molecule has 0 aromatic heterocycles. The molecule has 0 bridgehead atoms. The number of likely N-dealkylation sites (N-methyl/N-ethyl adjacent to an activating group) is 1. The molecule has 0 fully saturated rings. The number of rotatable bonds is 7. The van der Waals surface area contributed by atoms with Crippen LogP contribution in [0.15, 0.2) is 53.5 Å². The Morgan fingerprint density at radius 3 is 2.59 bits per heavy atom. The van der Waals surface area contributed by atoms with Crippen LogP contribution in [0.1, 0.15) is 37.4 Å². The van der Waals surface area contributed by atoms with Crippen molar-refractivity contribution in [2.45, 2.75) is 38.3 Å². The smallest absolute Gasteiger partial charge is 0.243 e. The van der Waals surface area contributed by atoms with Crippen molar-refractivity contribution < 1.29 is 14.3 Å². The molecule has 0 radical (unpaired) electrons. The zero-order chi connectivity index (χ0) is 23.1. The highest BCUT2D eigenvalue weighted by Crippen LogP contribution is 2.39. The monoisotopic (exact) mass is 438 g/mol. The number of benzene rings is 2. The number of nitrogens with zero attached hydrogens (tertiary/aromatic N) is 2. The molecule has 32 heavy (non-hydrogen) atoms. The van der Waals surface area contributed by atoms with Crippen LogP contribution in [-0.4, -0.2) is 56.7 Å². The van der Waals surface area contributed by atoms with E-state index < -0.39 is 0 Å². The van der Waals surface area contributed by atoms with E-state index in [2.05, 4.69) is 47.7 Å². The van der Waals surface area contributed by atoms with Crippen molar-refractivity contribution in [1.29, 1.82) is 0 Å². The predicted molar refractivity (Wildman–Crippen MR) is 127 cm³/mol. The van der Waals surface area contributed by atoms with Crippen molar-refractivity contribution in [3.8, 4) is 11.5 Å². The van der Waals surface area contributed by atoms with Gasteiger partial charge in [0.15, 0.2) is 5.96 Å². The quantitative estimate of drug-likeness (QED) is 0.513. The van der Waals surface area contributed by atoms with Gasteiger partial charge in [0.05, 0.1) is 13.2 Å². The number of nitrogens with one attached hydrogen (secondary N) is 2. The Morgan fingerprint density at radius 1 is 1.19 bits per heavy atom. The summed E-state index contributed by atoms with van der Waals surface area (Å²) < 4.78 is 11.4. The molecule has 2 aromatic rings. The molecule has 1 heterocycles. The van der Waals surface area contributed by atoms with Crippen molar-refractivity contribution in [1.82, 2.24) is 15.5 Å². The highest BCUT2D eigenvalue weighted by molar-refractivity contribution is 5.85. The Kier molecular flexibility index (Phi) is 7.62. The Hall–Kier alpha value is -3.22. The first-order chi connectivity index (χ1) is 15.3. The highest BCUT2D eigenvalue weighted by atomic mass is 16.5. The molecule has 7 nitrogen and oxygen atoms in total. The number of amides is 1. The summed E-state index contributed by atoms with van der Waals surface area (Å²) >= 11 is 0. The van der Waals surface area contributed by atoms with Gasteiger partial charge in [-0.2, -0.15) is 0 Å². The summed E-state index contributed by atoms with van der Waals surface area (Å²) in [6, 6.07) is 16.1. The van der Waals surface area contributed by atoms with Crippen molar-refractivity contribution in [2.24, 2.45) is 4.99 Å². The lowest BCUT2D eigenvalue weighted by Gasteiger charge is -2.38. The lowest BCUT2D eigenvalue weighted by Crippen LogP contribution is -2.46. The maximum atomic E-state index is 12.1. The van der Waals surface area contributed by atoms with Gasteiger partial charge in [-0.05, 0) is 44.0 Å². The van der Waals surface area contributed by atoms with Crippen LogP contribution < -0.4 is 20.1 Å². The van der Waals surface area contributed by atoms with Crippen molar-refractivity contribution in [2.75, 3.05) is 34.3 Å². The second kappa shape index (κ2) is 10.4. The van der Waals surface area contributed by atoms with Crippen LogP contribution in [0.25, 0.3) is 0 Å². The topological polar surface area (TPSA) is 75.2 Å². The normalized spacial score (nSPS) is 17.0. The highest BCUT2D eigenvalue weighted by Gasteiger charge is 2.34. The number of para-hydroxylation sites is 1. The van der Waals surface area contributed by atoms with E-state index in [1.165, 1.54) is 5.56 Å². The number of hydrogen-bond donors (Lipinski definition) is 2. The Labute approximate surface area is 190 Å². The molecule has 2 N–H and O–H groups in total. The Bertz CT molecular complexity index is 938. The summed E-state index contributed by atoms with van der Waals surface area (Å²) in [5.74, 6) is 2.29. The average Bonchev–Trinajstić information content (AvgIpc) is 2.76. The van der Waals surface area contributed by atoms with Gasteiger partial charge in [0.1, 0.15) is 23.6 Å². The molecule has 2 aromatic carbocycles. The van der Waals surface area contributed by atoms with Gasteiger partial charge in [0.2, 0.25) is 5.91 Å². The first kappa shape index (κ1) is 23.4. The number of aliphatic imine (C=N–C) groups is 1. The fourth-order valence-corrected chi connectivity index (χ4v) is 3.65. The fraction of sp³-hybridized carbons (Fsp3) is 0.440. The standard InChI is InChI=1S/C25H34N4O3/c1-25(2)16-21(20-8-6-7-9-22(20)32-25)28-24(27-17-23(30)29(3)4)26-15-14-18-10-12-19(31-5)13-11-18/h6-13,21H,14-17H2,1-5H3,(H2,26,27,28). The third-order valence-electron chi connectivity index (χ3n) is 5.42. The Balaban J connectivity index is 1.72. The zero-order valence-electron chi connectivity index (χ0n) is 19.6. The van der Waals surface area contributed by atoms with E-state index in [1.54, 1.807) is 26.1 Å². The maximum absolute atomic E-state index is 12.1. The van der Waals surface area contributed by atoms with E-state index in [0.717, 1.165) is 29.9 Å². The summed E-state index contributed by atoms with van der Waals surface area (Å²) in [6.45, 7) is 4.93. The number of fused-ring (bicyclic) bond motifs is 1. The van der Waals surface area contributed by atoms with Crippen molar-refractivity contribution >= 4 is 11.9 Å². The maximum Gasteiger partial charge on any atom is 0.243 e. The number of carbonyl (C=O) groups is 1.